The maximum atomic E-state index is 5.80. The van der Waals surface area contributed by atoms with Gasteiger partial charge in [0.05, 0.1) is 13.2 Å². The molecule has 2 aromatic rings. The van der Waals surface area contributed by atoms with E-state index in [1.54, 1.807) is 0 Å². The molecule has 1 unspecified atom stereocenters. The van der Waals surface area contributed by atoms with Gasteiger partial charge in [-0.25, -0.2) is 0 Å². The molecule has 0 bridgehead atoms. The molecular weight excluding hydrogens is 283 g/mol. The summed E-state index contributed by atoms with van der Waals surface area (Å²) in [4.78, 5) is 0. The maximum Gasteiger partial charge on any atom is 0.397 e. The van der Waals surface area contributed by atoms with Gasteiger partial charge < -0.3 is 9.05 Å². The quantitative estimate of drug-likeness (QED) is 0.463. The van der Waals surface area contributed by atoms with E-state index in [1.165, 1.54) is 0 Å². The van der Waals surface area contributed by atoms with Crippen LogP contribution in [0.2, 0.25) is 0 Å². The number of benzene rings is 2. The second-order valence-corrected chi connectivity index (χ2v) is 5.72. The molecule has 3 nitrogen and oxygen atoms in total. The second-order valence-electron chi connectivity index (χ2n) is 4.57. The SMILES string of the molecule is CCCCOP(OCc1ccccc1)Oc1ccccc1. The van der Waals surface area contributed by atoms with Gasteiger partial charge in [0.2, 0.25) is 0 Å². The van der Waals surface area contributed by atoms with Crippen molar-refractivity contribution in [1.29, 1.82) is 0 Å². The predicted molar refractivity (Wildman–Crippen MR) is 86.1 cm³/mol. The van der Waals surface area contributed by atoms with Gasteiger partial charge in [-0.3, -0.25) is 4.52 Å². The molecule has 0 fully saturated rings. The molecule has 0 aliphatic rings. The van der Waals surface area contributed by atoms with Crippen LogP contribution < -0.4 is 4.52 Å². The van der Waals surface area contributed by atoms with Gasteiger partial charge in [-0.2, -0.15) is 0 Å². The Balaban J connectivity index is 1.88. The Kier molecular flexibility index (Phi) is 7.23. The average molecular weight is 304 g/mol. The summed E-state index contributed by atoms with van der Waals surface area (Å²) in [7, 11) is -1.37. The van der Waals surface area contributed by atoms with Gasteiger partial charge in [0, 0.05) is 0 Å². The van der Waals surface area contributed by atoms with Crippen LogP contribution in [0.5, 0.6) is 5.75 Å². The standard InChI is InChI=1S/C17H21O3P/c1-2-3-14-18-21(20-17-12-8-5-9-13-17)19-15-16-10-6-4-7-11-16/h4-13H,2-3,14-15H2,1H3. The van der Waals surface area contributed by atoms with Gasteiger partial charge in [-0.15, -0.1) is 0 Å². The molecule has 0 aliphatic heterocycles. The van der Waals surface area contributed by atoms with Crippen molar-refractivity contribution in [3.63, 3.8) is 0 Å². The van der Waals surface area contributed by atoms with E-state index in [0.29, 0.717) is 13.2 Å². The van der Waals surface area contributed by atoms with E-state index in [-0.39, 0.29) is 0 Å². The summed E-state index contributed by atoms with van der Waals surface area (Å²) in [5, 5.41) is 0. The second kappa shape index (κ2) is 9.51. The molecule has 0 aromatic heterocycles. The molecule has 2 aromatic carbocycles. The summed E-state index contributed by atoms with van der Waals surface area (Å²) >= 11 is 0. The zero-order chi connectivity index (χ0) is 14.8. The largest absolute Gasteiger partial charge is 0.427 e. The normalized spacial score (nSPS) is 12.0. The Hall–Kier alpha value is -1.41. The van der Waals surface area contributed by atoms with Crippen LogP contribution in [0.25, 0.3) is 0 Å². The summed E-state index contributed by atoms with van der Waals surface area (Å²) in [6, 6.07) is 19.7. The van der Waals surface area contributed by atoms with Crippen LogP contribution in [0.15, 0.2) is 60.7 Å². The Morgan fingerprint density at radius 1 is 0.857 bits per heavy atom. The molecule has 0 radical (unpaired) electrons. The van der Waals surface area contributed by atoms with Crippen LogP contribution in [0.4, 0.5) is 0 Å². The highest BCUT2D eigenvalue weighted by Crippen LogP contribution is 2.41. The summed E-state index contributed by atoms with van der Waals surface area (Å²) in [5.74, 6) is 0.771. The molecule has 0 N–H and O–H groups in total. The molecule has 0 heterocycles. The summed E-state index contributed by atoms with van der Waals surface area (Å²) < 4.78 is 17.3. The van der Waals surface area contributed by atoms with Crippen LogP contribution in [0, 0.1) is 0 Å². The third-order valence-electron chi connectivity index (χ3n) is 2.80. The topological polar surface area (TPSA) is 27.7 Å². The molecular formula is C17H21O3P. The van der Waals surface area contributed by atoms with Crippen molar-refractivity contribution >= 4 is 8.60 Å². The molecule has 4 heteroatoms. The minimum Gasteiger partial charge on any atom is -0.427 e. The smallest absolute Gasteiger partial charge is 0.397 e. The van der Waals surface area contributed by atoms with E-state index >= 15 is 0 Å². The third-order valence-corrected chi connectivity index (χ3v) is 3.89. The van der Waals surface area contributed by atoms with E-state index in [9.17, 15) is 0 Å². The zero-order valence-electron chi connectivity index (χ0n) is 12.3. The highest BCUT2D eigenvalue weighted by molar-refractivity contribution is 7.42. The van der Waals surface area contributed by atoms with Crippen molar-refractivity contribution < 1.29 is 13.6 Å². The molecule has 0 amide bonds. The van der Waals surface area contributed by atoms with Gasteiger partial charge in [0.25, 0.3) is 0 Å². The first kappa shape index (κ1) is 16.0. The van der Waals surface area contributed by atoms with Crippen molar-refractivity contribution in [3.8, 4) is 5.75 Å². The number of unbranched alkanes of at least 4 members (excludes halogenated alkanes) is 1. The number of para-hydroxylation sites is 1. The first-order valence-corrected chi connectivity index (χ1v) is 8.31. The van der Waals surface area contributed by atoms with E-state index < -0.39 is 8.60 Å². The van der Waals surface area contributed by atoms with Gasteiger partial charge in [-0.1, -0.05) is 61.9 Å². The highest BCUT2D eigenvalue weighted by atomic mass is 31.2. The fourth-order valence-electron chi connectivity index (χ4n) is 1.64. The summed E-state index contributed by atoms with van der Waals surface area (Å²) in [6.07, 6.45) is 2.10. The van der Waals surface area contributed by atoms with Crippen molar-refractivity contribution in [3.05, 3.63) is 66.2 Å². The van der Waals surface area contributed by atoms with Crippen LogP contribution in [0.1, 0.15) is 25.3 Å². The van der Waals surface area contributed by atoms with E-state index in [4.69, 9.17) is 13.6 Å². The van der Waals surface area contributed by atoms with Crippen molar-refractivity contribution in [2.24, 2.45) is 0 Å². The lowest BCUT2D eigenvalue weighted by molar-refractivity contribution is 0.196. The Morgan fingerprint density at radius 2 is 1.52 bits per heavy atom. The Labute approximate surface area is 127 Å². The third kappa shape index (κ3) is 6.26. The molecule has 1 atom stereocenters. The number of rotatable bonds is 9. The monoisotopic (exact) mass is 304 g/mol. The lowest BCUT2D eigenvalue weighted by Crippen LogP contribution is -1.99. The van der Waals surface area contributed by atoms with Gasteiger partial charge in [-0.05, 0) is 24.1 Å². The minimum absolute atomic E-state index is 0.492. The predicted octanol–water partition coefficient (Wildman–Crippen LogP) is 5.33. The van der Waals surface area contributed by atoms with Crippen LogP contribution >= 0.6 is 8.60 Å². The van der Waals surface area contributed by atoms with Crippen molar-refractivity contribution in [2.75, 3.05) is 6.61 Å². The number of hydrogen-bond acceptors (Lipinski definition) is 3. The molecule has 112 valence electrons. The average Bonchev–Trinajstić information content (AvgIpc) is 2.54. The first-order valence-electron chi connectivity index (χ1n) is 7.21. The van der Waals surface area contributed by atoms with Crippen LogP contribution in [-0.2, 0) is 15.7 Å². The van der Waals surface area contributed by atoms with Gasteiger partial charge in [0.1, 0.15) is 5.75 Å². The molecule has 0 saturated heterocycles. The van der Waals surface area contributed by atoms with Gasteiger partial charge >= 0.3 is 8.60 Å². The molecule has 0 saturated carbocycles. The van der Waals surface area contributed by atoms with E-state index in [2.05, 4.69) is 6.92 Å². The van der Waals surface area contributed by atoms with Gasteiger partial charge in [0.15, 0.2) is 0 Å². The van der Waals surface area contributed by atoms with Crippen molar-refractivity contribution in [2.45, 2.75) is 26.4 Å². The zero-order valence-corrected chi connectivity index (χ0v) is 13.2. The molecule has 2 rings (SSSR count). The minimum atomic E-state index is -1.37. The van der Waals surface area contributed by atoms with Crippen molar-refractivity contribution in [1.82, 2.24) is 0 Å². The maximum absolute atomic E-state index is 5.80. The summed E-state index contributed by atoms with van der Waals surface area (Å²) in [6.45, 7) is 3.28. The number of hydrogen-bond donors (Lipinski definition) is 0. The highest BCUT2D eigenvalue weighted by Gasteiger charge is 2.14. The van der Waals surface area contributed by atoms with Crippen LogP contribution in [-0.4, -0.2) is 6.61 Å². The lowest BCUT2D eigenvalue weighted by atomic mass is 10.2. The van der Waals surface area contributed by atoms with E-state index in [1.807, 2.05) is 60.7 Å². The van der Waals surface area contributed by atoms with E-state index in [0.717, 1.165) is 24.2 Å². The molecule has 0 aliphatic carbocycles. The Bertz CT molecular complexity index is 490. The van der Waals surface area contributed by atoms with Crippen LogP contribution in [0.3, 0.4) is 0 Å². The Morgan fingerprint density at radius 3 is 2.19 bits per heavy atom. The first-order chi connectivity index (χ1) is 10.4. The lowest BCUT2D eigenvalue weighted by Gasteiger charge is -2.17. The fourth-order valence-corrected chi connectivity index (χ4v) is 2.65. The molecule has 21 heavy (non-hydrogen) atoms. The molecule has 0 spiro atoms. The summed E-state index contributed by atoms with van der Waals surface area (Å²) in [5.41, 5.74) is 1.11. The fraction of sp³-hybridized carbons (Fsp3) is 0.294.